The van der Waals surface area contributed by atoms with Gasteiger partial charge in [0.2, 0.25) is 0 Å². The zero-order chi connectivity index (χ0) is 19.4. The summed E-state index contributed by atoms with van der Waals surface area (Å²) in [5.74, 6) is 3.71. The topological polar surface area (TPSA) is 0 Å². The number of hydrogen-bond acceptors (Lipinski definition) is 0. The Morgan fingerprint density at radius 2 is 1.04 bits per heavy atom. The maximum absolute atomic E-state index is 2.40. The predicted octanol–water partition coefficient (Wildman–Crippen LogP) is 9.52. The van der Waals surface area contributed by atoms with E-state index in [2.05, 4.69) is 69.2 Å². The van der Waals surface area contributed by atoms with Crippen molar-refractivity contribution in [3.63, 3.8) is 0 Å². The molecule has 0 aromatic heterocycles. The van der Waals surface area contributed by atoms with Crippen LogP contribution in [0.2, 0.25) is 0 Å². The van der Waals surface area contributed by atoms with Crippen LogP contribution in [-0.4, -0.2) is 0 Å². The zero-order valence-corrected chi connectivity index (χ0v) is 19.4. The van der Waals surface area contributed by atoms with Gasteiger partial charge < -0.3 is 0 Å². The minimum atomic E-state index is 0.862. The van der Waals surface area contributed by atoms with Crippen LogP contribution < -0.4 is 0 Å². The molecule has 0 saturated carbocycles. The molecule has 0 heterocycles. The van der Waals surface area contributed by atoms with Gasteiger partial charge in [0.05, 0.1) is 0 Å². The summed E-state index contributed by atoms with van der Waals surface area (Å²) in [6.45, 7) is 22.7. The molecule has 0 nitrogen and oxygen atoms in total. The highest BCUT2D eigenvalue weighted by atomic mass is 14.2. The second-order valence-corrected chi connectivity index (χ2v) is 8.20. The summed E-state index contributed by atoms with van der Waals surface area (Å²) < 4.78 is 0. The van der Waals surface area contributed by atoms with E-state index >= 15 is 0 Å². The van der Waals surface area contributed by atoms with Gasteiger partial charge in [-0.05, 0) is 23.7 Å². The lowest BCUT2D eigenvalue weighted by Crippen LogP contribution is -2.05. The quantitative estimate of drug-likeness (QED) is 0.350. The molecule has 0 radical (unpaired) electrons. The summed E-state index contributed by atoms with van der Waals surface area (Å²) in [6, 6.07) is 0. The molecule has 0 rings (SSSR count). The zero-order valence-electron chi connectivity index (χ0n) is 19.4. The highest BCUT2D eigenvalue weighted by Gasteiger charge is 2.09. The molecule has 0 heteroatoms. The Morgan fingerprint density at radius 1 is 0.583 bits per heavy atom. The second-order valence-electron chi connectivity index (χ2n) is 8.20. The first-order valence-corrected chi connectivity index (χ1v) is 11.3. The van der Waals surface area contributed by atoms with Crippen molar-refractivity contribution < 1.29 is 0 Å². The van der Waals surface area contributed by atoms with Crippen LogP contribution in [-0.2, 0) is 0 Å². The summed E-state index contributed by atoms with van der Waals surface area (Å²) in [5.41, 5.74) is 0. The maximum Gasteiger partial charge on any atom is -0.0417 e. The van der Waals surface area contributed by atoms with Gasteiger partial charge in [-0.2, -0.15) is 0 Å². The Labute approximate surface area is 157 Å². The van der Waals surface area contributed by atoms with Gasteiger partial charge in [0.1, 0.15) is 0 Å². The summed E-state index contributed by atoms with van der Waals surface area (Å²) in [5, 5.41) is 0. The average molecular weight is 343 g/mol. The normalized spacial score (nSPS) is 13.0. The van der Waals surface area contributed by atoms with Gasteiger partial charge in [0, 0.05) is 0 Å². The number of unbranched alkanes of at least 4 members (excludes halogenated alkanes) is 1. The number of hydrogen-bond donors (Lipinski definition) is 0. The van der Waals surface area contributed by atoms with E-state index in [0.29, 0.717) is 0 Å². The molecule has 0 saturated heterocycles. The van der Waals surface area contributed by atoms with Crippen molar-refractivity contribution in [3.05, 3.63) is 0 Å². The average Bonchev–Trinajstić information content (AvgIpc) is 2.58. The molecule has 24 heavy (non-hydrogen) atoms. The lowest BCUT2D eigenvalue weighted by Gasteiger charge is -2.18. The van der Waals surface area contributed by atoms with Gasteiger partial charge in [-0.3, -0.25) is 0 Å². The Bertz CT molecular complexity index is 190. The van der Waals surface area contributed by atoms with Crippen molar-refractivity contribution in [3.8, 4) is 0 Å². The molecule has 0 aromatic carbocycles. The summed E-state index contributed by atoms with van der Waals surface area (Å²) in [7, 11) is 0. The predicted molar refractivity (Wildman–Crippen MR) is 117 cm³/mol. The van der Waals surface area contributed by atoms with Crippen molar-refractivity contribution in [2.75, 3.05) is 0 Å². The van der Waals surface area contributed by atoms with Crippen LogP contribution in [0.25, 0.3) is 0 Å². The van der Waals surface area contributed by atoms with Crippen molar-refractivity contribution in [2.24, 2.45) is 23.7 Å². The van der Waals surface area contributed by atoms with Crippen LogP contribution in [0.1, 0.15) is 133 Å². The molecule has 0 spiro atoms. The fraction of sp³-hybridized carbons (Fsp3) is 1.00. The molecule has 0 bridgehead atoms. The van der Waals surface area contributed by atoms with E-state index in [-0.39, 0.29) is 0 Å². The summed E-state index contributed by atoms with van der Waals surface area (Å²) in [4.78, 5) is 0. The number of rotatable bonds is 11. The first-order chi connectivity index (χ1) is 11.3. The summed E-state index contributed by atoms with van der Waals surface area (Å²) >= 11 is 0. The van der Waals surface area contributed by atoms with E-state index in [4.69, 9.17) is 0 Å². The Kier molecular flexibility index (Phi) is 27.6. The smallest absolute Gasteiger partial charge is 0.0417 e. The third kappa shape index (κ3) is 24.3. The molecule has 0 fully saturated rings. The van der Waals surface area contributed by atoms with E-state index in [1.165, 1.54) is 64.2 Å². The fourth-order valence-corrected chi connectivity index (χ4v) is 2.40. The molecular weight excluding hydrogens is 288 g/mol. The molecule has 0 aliphatic carbocycles. The molecule has 0 N–H and O–H groups in total. The van der Waals surface area contributed by atoms with Crippen LogP contribution >= 0.6 is 0 Å². The van der Waals surface area contributed by atoms with Crippen molar-refractivity contribution in [2.45, 2.75) is 133 Å². The largest absolute Gasteiger partial charge is 0.0656 e. The van der Waals surface area contributed by atoms with Gasteiger partial charge in [-0.25, -0.2) is 0 Å². The molecule has 0 aliphatic heterocycles. The van der Waals surface area contributed by atoms with Crippen molar-refractivity contribution in [1.29, 1.82) is 0 Å². The SMILES string of the molecule is CCC.CCC(C)CC.CCCCC(CC)CCCC(C)C(C)C. The van der Waals surface area contributed by atoms with Gasteiger partial charge in [-0.15, -0.1) is 0 Å². The van der Waals surface area contributed by atoms with Gasteiger partial charge in [-0.1, -0.05) is 133 Å². The van der Waals surface area contributed by atoms with Crippen LogP contribution in [0.15, 0.2) is 0 Å². The standard InChI is InChI=1S/C15H32.C6H14.C3H8/c1-6-8-11-15(7-2)12-9-10-14(5)13(3)4;1-4-6(3)5-2;1-3-2/h13-15H,6-12H2,1-5H3;6H,4-5H2,1-3H3;3H2,1-2H3. The fourth-order valence-electron chi connectivity index (χ4n) is 2.40. The third-order valence-corrected chi connectivity index (χ3v) is 5.35. The molecule has 2 atom stereocenters. The first kappa shape index (κ1) is 28.8. The monoisotopic (exact) mass is 342 g/mol. The highest BCUT2D eigenvalue weighted by molar-refractivity contribution is 4.62. The minimum absolute atomic E-state index is 0.862. The van der Waals surface area contributed by atoms with Crippen molar-refractivity contribution >= 4 is 0 Å². The minimum Gasteiger partial charge on any atom is -0.0656 e. The third-order valence-electron chi connectivity index (χ3n) is 5.35. The molecule has 0 aromatic rings. The maximum atomic E-state index is 2.40. The van der Waals surface area contributed by atoms with Crippen LogP contribution in [0.5, 0.6) is 0 Å². The van der Waals surface area contributed by atoms with Crippen LogP contribution in [0.4, 0.5) is 0 Å². The first-order valence-electron chi connectivity index (χ1n) is 11.3. The second kappa shape index (κ2) is 23.0. The molecule has 150 valence electrons. The molecule has 0 amide bonds. The van der Waals surface area contributed by atoms with E-state index in [1.54, 1.807) is 0 Å². The van der Waals surface area contributed by atoms with Gasteiger partial charge in [0.15, 0.2) is 0 Å². The molecule has 0 aliphatic rings. The van der Waals surface area contributed by atoms with Crippen LogP contribution in [0.3, 0.4) is 0 Å². The lowest BCUT2D eigenvalue weighted by atomic mass is 9.88. The van der Waals surface area contributed by atoms with E-state index in [1.807, 2.05) is 0 Å². The van der Waals surface area contributed by atoms with E-state index < -0.39 is 0 Å². The Hall–Kier alpha value is 0. The van der Waals surface area contributed by atoms with E-state index in [9.17, 15) is 0 Å². The highest BCUT2D eigenvalue weighted by Crippen LogP contribution is 2.23. The van der Waals surface area contributed by atoms with Gasteiger partial charge >= 0.3 is 0 Å². The Morgan fingerprint density at radius 3 is 1.33 bits per heavy atom. The van der Waals surface area contributed by atoms with E-state index in [0.717, 1.165) is 23.7 Å². The Balaban J connectivity index is -0.000000405. The molecule has 2 unspecified atom stereocenters. The van der Waals surface area contributed by atoms with Gasteiger partial charge in [0.25, 0.3) is 0 Å². The summed E-state index contributed by atoms with van der Waals surface area (Å²) in [6.07, 6.45) is 13.9. The van der Waals surface area contributed by atoms with Crippen molar-refractivity contribution in [1.82, 2.24) is 0 Å². The lowest BCUT2D eigenvalue weighted by molar-refractivity contribution is 0.341. The molecular formula is C24H54. The van der Waals surface area contributed by atoms with Crippen LogP contribution in [0, 0.1) is 23.7 Å².